The third kappa shape index (κ3) is 2.11. The van der Waals surface area contributed by atoms with Crippen LogP contribution in [-0.2, 0) is 14.3 Å². The molecule has 1 aliphatic rings. The molecule has 0 saturated carbocycles. The normalized spacial score (nSPS) is 26.4. The summed E-state index contributed by atoms with van der Waals surface area (Å²) < 4.78 is 10.1. The van der Waals surface area contributed by atoms with E-state index < -0.39 is 0 Å². The molecule has 3 nitrogen and oxygen atoms in total. The molecule has 0 spiro atoms. The van der Waals surface area contributed by atoms with Crippen LogP contribution in [-0.4, -0.2) is 32.2 Å². The molecule has 1 heterocycles. The minimum absolute atomic E-state index is 0.162. The highest BCUT2D eigenvalue weighted by Crippen LogP contribution is 2.06. The summed E-state index contributed by atoms with van der Waals surface area (Å²) in [6, 6.07) is 0. The van der Waals surface area contributed by atoms with Crippen LogP contribution in [0.15, 0.2) is 0 Å². The van der Waals surface area contributed by atoms with Gasteiger partial charge in [0.2, 0.25) is 0 Å². The van der Waals surface area contributed by atoms with Gasteiger partial charge in [-0.15, -0.1) is 0 Å². The molecule has 1 rings (SSSR count). The highest BCUT2D eigenvalue weighted by Gasteiger charge is 2.14. The molecule has 0 aromatic carbocycles. The predicted octanol–water partition coefficient (Wildman–Crippen LogP) is -0.00920. The molecule has 0 aromatic heterocycles. The zero-order valence-corrected chi connectivity index (χ0v) is 5.21. The lowest BCUT2D eigenvalue weighted by molar-refractivity contribution is -0.113. The number of hydrogen-bond donors (Lipinski definition) is 0. The maximum atomic E-state index is 9.80. The summed E-state index contributed by atoms with van der Waals surface area (Å²) >= 11 is 0. The van der Waals surface area contributed by atoms with Crippen LogP contribution >= 0.6 is 0 Å². The van der Waals surface area contributed by atoms with Gasteiger partial charge in [0, 0.05) is 6.61 Å². The Morgan fingerprint density at radius 1 is 1.78 bits per heavy atom. The fourth-order valence-electron chi connectivity index (χ4n) is 0.820. The summed E-state index contributed by atoms with van der Waals surface area (Å²) in [5.74, 6) is 0. The van der Waals surface area contributed by atoms with Gasteiger partial charge in [-0.1, -0.05) is 0 Å². The standard InChI is InChI=1S/C6H10O3/c7-2-4-9-6-1-3-8-5-6/h2,6H,1,3-5H2/t6-/m0/s1. The molecule has 3 heteroatoms. The van der Waals surface area contributed by atoms with E-state index in [4.69, 9.17) is 9.47 Å². The van der Waals surface area contributed by atoms with E-state index in [1.165, 1.54) is 0 Å². The SMILES string of the molecule is O=CCO[C@H]1CCOC1. The quantitative estimate of drug-likeness (QED) is 0.504. The van der Waals surface area contributed by atoms with E-state index in [9.17, 15) is 4.79 Å². The van der Waals surface area contributed by atoms with E-state index in [2.05, 4.69) is 0 Å². The van der Waals surface area contributed by atoms with E-state index in [0.29, 0.717) is 6.61 Å². The predicted molar refractivity (Wildman–Crippen MR) is 31.2 cm³/mol. The number of rotatable bonds is 3. The lowest BCUT2D eigenvalue weighted by Gasteiger charge is -2.04. The van der Waals surface area contributed by atoms with Crippen LogP contribution < -0.4 is 0 Å². The van der Waals surface area contributed by atoms with E-state index in [-0.39, 0.29) is 12.7 Å². The molecule has 52 valence electrons. The molecule has 1 saturated heterocycles. The lowest BCUT2D eigenvalue weighted by atomic mass is 10.3. The van der Waals surface area contributed by atoms with Crippen LogP contribution in [0.5, 0.6) is 0 Å². The fraction of sp³-hybridized carbons (Fsp3) is 0.833. The fourth-order valence-corrected chi connectivity index (χ4v) is 0.820. The summed E-state index contributed by atoms with van der Waals surface area (Å²) in [5.41, 5.74) is 0. The van der Waals surface area contributed by atoms with Gasteiger partial charge in [-0.2, -0.15) is 0 Å². The average molecular weight is 130 g/mol. The van der Waals surface area contributed by atoms with E-state index in [1.54, 1.807) is 0 Å². The first-order valence-electron chi connectivity index (χ1n) is 3.06. The van der Waals surface area contributed by atoms with Crippen molar-refractivity contribution >= 4 is 6.29 Å². The second kappa shape index (κ2) is 3.58. The van der Waals surface area contributed by atoms with Gasteiger partial charge in [0.25, 0.3) is 0 Å². The molecule has 0 aromatic rings. The maximum Gasteiger partial charge on any atom is 0.145 e. The topological polar surface area (TPSA) is 35.5 Å². The van der Waals surface area contributed by atoms with Crippen molar-refractivity contribution in [3.05, 3.63) is 0 Å². The Kier molecular flexibility index (Phi) is 2.67. The van der Waals surface area contributed by atoms with Gasteiger partial charge in [0.15, 0.2) is 0 Å². The smallest absolute Gasteiger partial charge is 0.145 e. The Morgan fingerprint density at radius 2 is 2.67 bits per heavy atom. The van der Waals surface area contributed by atoms with Crippen molar-refractivity contribution in [2.24, 2.45) is 0 Å². The largest absolute Gasteiger partial charge is 0.379 e. The molecule has 0 unspecified atom stereocenters. The number of carbonyl (C=O) groups excluding carboxylic acids is 1. The minimum Gasteiger partial charge on any atom is -0.379 e. The Bertz CT molecular complexity index is 86.3. The monoisotopic (exact) mass is 130 g/mol. The molecule has 0 N–H and O–H groups in total. The number of hydrogen-bond acceptors (Lipinski definition) is 3. The van der Waals surface area contributed by atoms with Crippen molar-refractivity contribution in [2.75, 3.05) is 19.8 Å². The van der Waals surface area contributed by atoms with Crippen molar-refractivity contribution in [1.29, 1.82) is 0 Å². The van der Waals surface area contributed by atoms with Crippen LogP contribution in [0, 0.1) is 0 Å². The Balaban J connectivity index is 2.04. The van der Waals surface area contributed by atoms with Crippen molar-refractivity contribution in [3.8, 4) is 0 Å². The summed E-state index contributed by atoms with van der Waals surface area (Å²) in [6.45, 7) is 1.62. The third-order valence-corrected chi connectivity index (χ3v) is 1.29. The van der Waals surface area contributed by atoms with Gasteiger partial charge < -0.3 is 14.3 Å². The highest BCUT2D eigenvalue weighted by molar-refractivity contribution is 5.50. The van der Waals surface area contributed by atoms with Crippen molar-refractivity contribution in [1.82, 2.24) is 0 Å². The van der Waals surface area contributed by atoms with Crippen LogP contribution in [0.4, 0.5) is 0 Å². The van der Waals surface area contributed by atoms with E-state index in [1.807, 2.05) is 0 Å². The van der Waals surface area contributed by atoms with Crippen molar-refractivity contribution in [3.63, 3.8) is 0 Å². The first kappa shape index (κ1) is 6.71. The Morgan fingerprint density at radius 3 is 3.22 bits per heavy atom. The van der Waals surface area contributed by atoms with Crippen LogP contribution in [0.2, 0.25) is 0 Å². The first-order chi connectivity index (χ1) is 4.43. The molecular weight excluding hydrogens is 120 g/mol. The summed E-state index contributed by atoms with van der Waals surface area (Å²) in [7, 11) is 0. The molecule has 0 amide bonds. The van der Waals surface area contributed by atoms with Crippen LogP contribution in [0.3, 0.4) is 0 Å². The molecule has 0 aliphatic carbocycles. The van der Waals surface area contributed by atoms with Crippen LogP contribution in [0.25, 0.3) is 0 Å². The molecule has 1 atom stereocenters. The molecule has 1 aliphatic heterocycles. The Hall–Kier alpha value is -0.410. The van der Waals surface area contributed by atoms with Gasteiger partial charge in [0.05, 0.1) is 12.7 Å². The van der Waals surface area contributed by atoms with Crippen molar-refractivity contribution in [2.45, 2.75) is 12.5 Å². The first-order valence-corrected chi connectivity index (χ1v) is 3.06. The molecule has 0 radical (unpaired) electrons. The minimum atomic E-state index is 0.162. The average Bonchev–Trinajstić information content (AvgIpc) is 2.34. The van der Waals surface area contributed by atoms with Gasteiger partial charge in [-0.05, 0) is 6.42 Å². The van der Waals surface area contributed by atoms with Crippen LogP contribution in [0.1, 0.15) is 6.42 Å². The zero-order chi connectivity index (χ0) is 6.53. The molecule has 1 fully saturated rings. The number of aldehydes is 1. The van der Waals surface area contributed by atoms with Gasteiger partial charge in [-0.25, -0.2) is 0 Å². The van der Waals surface area contributed by atoms with Gasteiger partial charge >= 0.3 is 0 Å². The third-order valence-electron chi connectivity index (χ3n) is 1.29. The van der Waals surface area contributed by atoms with E-state index >= 15 is 0 Å². The maximum absolute atomic E-state index is 9.80. The number of ether oxygens (including phenoxy) is 2. The highest BCUT2D eigenvalue weighted by atomic mass is 16.5. The van der Waals surface area contributed by atoms with Gasteiger partial charge in [-0.3, -0.25) is 0 Å². The molecule has 0 bridgehead atoms. The Labute approximate surface area is 53.9 Å². The van der Waals surface area contributed by atoms with Crippen molar-refractivity contribution < 1.29 is 14.3 Å². The lowest BCUT2D eigenvalue weighted by Crippen LogP contribution is -2.13. The van der Waals surface area contributed by atoms with E-state index in [0.717, 1.165) is 19.3 Å². The molecular formula is C6H10O3. The number of carbonyl (C=O) groups is 1. The second-order valence-electron chi connectivity index (χ2n) is 1.99. The van der Waals surface area contributed by atoms with Gasteiger partial charge in [0.1, 0.15) is 12.9 Å². The summed E-state index contributed by atoms with van der Waals surface area (Å²) in [5, 5.41) is 0. The zero-order valence-electron chi connectivity index (χ0n) is 5.21. The summed E-state index contributed by atoms with van der Waals surface area (Å²) in [4.78, 5) is 9.80. The second-order valence-corrected chi connectivity index (χ2v) is 1.99. The molecule has 9 heavy (non-hydrogen) atoms. The summed E-state index contributed by atoms with van der Waals surface area (Å²) in [6.07, 6.45) is 1.85.